The molecule has 2 fully saturated rings. The van der Waals surface area contributed by atoms with Crippen molar-refractivity contribution < 1.29 is 9.69 Å². The maximum atomic E-state index is 12.2. The van der Waals surface area contributed by atoms with Gasteiger partial charge in [0.2, 0.25) is 0 Å². The quantitative estimate of drug-likeness (QED) is 0.890. The number of hydrogen-bond acceptors (Lipinski definition) is 2. The zero-order valence-electron chi connectivity index (χ0n) is 13.0. The molecule has 0 spiro atoms. The number of nitriles is 1. The first-order valence-corrected chi connectivity index (χ1v) is 8.38. The van der Waals surface area contributed by atoms with Gasteiger partial charge in [0.05, 0.1) is 24.7 Å². The fourth-order valence-electron chi connectivity index (χ4n) is 4.05. The number of amides is 1. The SMILES string of the molecule is N#Cc1cccc(NC(=O)C[NH+]2CC[C@H]3CCCC[C@@H]3C2)c1. The molecule has 4 nitrogen and oxygen atoms in total. The molecule has 1 aromatic rings. The first-order chi connectivity index (χ1) is 10.7. The topological polar surface area (TPSA) is 57.3 Å². The van der Waals surface area contributed by atoms with Gasteiger partial charge in [0.15, 0.2) is 6.54 Å². The van der Waals surface area contributed by atoms with Crippen LogP contribution in [0.3, 0.4) is 0 Å². The summed E-state index contributed by atoms with van der Waals surface area (Å²) in [4.78, 5) is 13.6. The lowest BCUT2D eigenvalue weighted by atomic mass is 9.75. The van der Waals surface area contributed by atoms with E-state index in [2.05, 4.69) is 11.4 Å². The number of hydrogen-bond donors (Lipinski definition) is 2. The van der Waals surface area contributed by atoms with Crippen molar-refractivity contribution in [3.8, 4) is 6.07 Å². The molecular formula is C18H24N3O+. The monoisotopic (exact) mass is 298 g/mol. The number of anilines is 1. The molecule has 0 bridgehead atoms. The number of carbonyl (C=O) groups excluding carboxylic acids is 1. The Morgan fingerprint density at radius 2 is 2.09 bits per heavy atom. The minimum Gasteiger partial charge on any atom is -0.327 e. The Balaban J connectivity index is 1.52. The molecule has 1 aromatic carbocycles. The van der Waals surface area contributed by atoms with E-state index in [4.69, 9.17) is 5.26 Å². The number of piperidine rings is 1. The van der Waals surface area contributed by atoms with E-state index in [1.54, 1.807) is 18.2 Å². The maximum Gasteiger partial charge on any atom is 0.279 e. The lowest BCUT2D eigenvalue weighted by molar-refractivity contribution is -0.902. The molecule has 0 radical (unpaired) electrons. The smallest absolute Gasteiger partial charge is 0.279 e. The molecule has 1 aliphatic heterocycles. The highest BCUT2D eigenvalue weighted by Gasteiger charge is 2.34. The molecule has 1 amide bonds. The van der Waals surface area contributed by atoms with Gasteiger partial charge in [0.25, 0.3) is 5.91 Å². The van der Waals surface area contributed by atoms with Gasteiger partial charge in [-0.3, -0.25) is 4.79 Å². The van der Waals surface area contributed by atoms with E-state index in [9.17, 15) is 4.79 Å². The number of benzene rings is 1. The molecule has 2 aliphatic rings. The van der Waals surface area contributed by atoms with Crippen LogP contribution in [0.1, 0.15) is 37.7 Å². The van der Waals surface area contributed by atoms with Crippen LogP contribution in [0.25, 0.3) is 0 Å². The summed E-state index contributed by atoms with van der Waals surface area (Å²) in [5, 5.41) is 11.8. The first-order valence-electron chi connectivity index (χ1n) is 8.38. The summed E-state index contributed by atoms with van der Waals surface area (Å²) < 4.78 is 0. The molecule has 0 aromatic heterocycles. The molecule has 1 saturated heterocycles. The highest BCUT2D eigenvalue weighted by molar-refractivity contribution is 5.91. The summed E-state index contributed by atoms with van der Waals surface area (Å²) >= 11 is 0. The second-order valence-corrected chi connectivity index (χ2v) is 6.71. The van der Waals surface area contributed by atoms with Crippen molar-refractivity contribution in [2.45, 2.75) is 32.1 Å². The van der Waals surface area contributed by atoms with Crippen molar-refractivity contribution in [1.29, 1.82) is 5.26 Å². The van der Waals surface area contributed by atoms with E-state index < -0.39 is 0 Å². The van der Waals surface area contributed by atoms with Gasteiger partial charge in [0, 0.05) is 11.6 Å². The van der Waals surface area contributed by atoms with Gasteiger partial charge in [-0.15, -0.1) is 0 Å². The Bertz CT molecular complexity index is 578. The van der Waals surface area contributed by atoms with E-state index in [1.165, 1.54) is 37.0 Å². The van der Waals surface area contributed by atoms with Gasteiger partial charge in [-0.05, 0) is 43.4 Å². The largest absolute Gasteiger partial charge is 0.327 e. The van der Waals surface area contributed by atoms with Crippen LogP contribution in [0.15, 0.2) is 24.3 Å². The van der Waals surface area contributed by atoms with Crippen LogP contribution in [0.4, 0.5) is 5.69 Å². The van der Waals surface area contributed by atoms with Crippen LogP contribution >= 0.6 is 0 Å². The minimum absolute atomic E-state index is 0.0550. The van der Waals surface area contributed by atoms with Gasteiger partial charge in [-0.25, -0.2) is 0 Å². The number of quaternary nitrogens is 1. The summed E-state index contributed by atoms with van der Waals surface area (Å²) in [7, 11) is 0. The molecular weight excluding hydrogens is 274 g/mol. The van der Waals surface area contributed by atoms with E-state index >= 15 is 0 Å². The molecule has 1 aliphatic carbocycles. The average molecular weight is 298 g/mol. The molecule has 1 unspecified atom stereocenters. The standard InChI is InChI=1S/C18H23N3O/c19-11-14-4-3-7-17(10-14)20-18(22)13-21-9-8-15-5-1-2-6-16(15)12-21/h3-4,7,10,15-16H,1-2,5-6,8-9,12-13H2,(H,20,22)/p+1/t15-,16-/m1/s1. The number of rotatable bonds is 3. The first kappa shape index (κ1) is 15.1. The van der Waals surface area contributed by atoms with Crippen molar-refractivity contribution >= 4 is 11.6 Å². The highest BCUT2D eigenvalue weighted by atomic mass is 16.2. The van der Waals surface area contributed by atoms with Crippen molar-refractivity contribution in [1.82, 2.24) is 0 Å². The summed E-state index contributed by atoms with van der Waals surface area (Å²) in [6.45, 7) is 2.81. The summed E-state index contributed by atoms with van der Waals surface area (Å²) in [5.74, 6) is 1.79. The molecule has 22 heavy (non-hydrogen) atoms. The predicted octanol–water partition coefficient (Wildman–Crippen LogP) is 1.59. The number of nitrogens with zero attached hydrogens (tertiary/aromatic N) is 1. The number of likely N-dealkylation sites (tertiary alicyclic amines) is 1. The Kier molecular flexibility index (Phi) is 4.74. The van der Waals surface area contributed by atoms with Gasteiger partial charge in [0.1, 0.15) is 0 Å². The third-order valence-electron chi connectivity index (χ3n) is 5.17. The number of nitrogens with one attached hydrogen (secondary N) is 2. The Morgan fingerprint density at radius 3 is 2.91 bits per heavy atom. The van der Waals surface area contributed by atoms with E-state index in [0.717, 1.165) is 30.6 Å². The molecule has 2 N–H and O–H groups in total. The van der Waals surface area contributed by atoms with Crippen LogP contribution in [-0.4, -0.2) is 25.5 Å². The maximum absolute atomic E-state index is 12.2. The zero-order valence-corrected chi connectivity index (χ0v) is 13.0. The fraction of sp³-hybridized carbons (Fsp3) is 0.556. The third kappa shape index (κ3) is 3.66. The lowest BCUT2D eigenvalue weighted by Gasteiger charge is -2.38. The second-order valence-electron chi connectivity index (χ2n) is 6.71. The Labute approximate surface area is 132 Å². The lowest BCUT2D eigenvalue weighted by Crippen LogP contribution is -3.15. The predicted molar refractivity (Wildman–Crippen MR) is 85.4 cm³/mol. The Morgan fingerprint density at radius 1 is 1.27 bits per heavy atom. The number of fused-ring (bicyclic) bond motifs is 1. The summed E-state index contributed by atoms with van der Waals surface area (Å²) in [5.41, 5.74) is 1.30. The van der Waals surface area contributed by atoms with E-state index in [-0.39, 0.29) is 5.91 Å². The van der Waals surface area contributed by atoms with Crippen molar-refractivity contribution in [2.24, 2.45) is 11.8 Å². The molecule has 1 saturated carbocycles. The van der Waals surface area contributed by atoms with Crippen molar-refractivity contribution in [3.05, 3.63) is 29.8 Å². The van der Waals surface area contributed by atoms with Gasteiger partial charge >= 0.3 is 0 Å². The van der Waals surface area contributed by atoms with Crippen LogP contribution in [0.2, 0.25) is 0 Å². The minimum atomic E-state index is 0.0550. The van der Waals surface area contributed by atoms with Crippen molar-refractivity contribution in [2.75, 3.05) is 25.0 Å². The van der Waals surface area contributed by atoms with Crippen LogP contribution < -0.4 is 10.2 Å². The average Bonchev–Trinajstić information content (AvgIpc) is 2.55. The number of carbonyl (C=O) groups is 1. The Hall–Kier alpha value is -1.86. The van der Waals surface area contributed by atoms with Gasteiger partial charge in [-0.1, -0.05) is 18.9 Å². The van der Waals surface area contributed by atoms with E-state index in [0.29, 0.717) is 12.1 Å². The highest BCUT2D eigenvalue weighted by Crippen LogP contribution is 2.32. The summed E-state index contributed by atoms with van der Waals surface area (Å²) in [6, 6.07) is 9.20. The normalized spacial score (nSPS) is 27.5. The van der Waals surface area contributed by atoms with Crippen LogP contribution in [-0.2, 0) is 4.79 Å². The third-order valence-corrected chi connectivity index (χ3v) is 5.17. The van der Waals surface area contributed by atoms with E-state index in [1.807, 2.05) is 6.07 Å². The fourth-order valence-corrected chi connectivity index (χ4v) is 4.05. The molecule has 3 atom stereocenters. The second kappa shape index (κ2) is 6.93. The van der Waals surface area contributed by atoms with Crippen LogP contribution in [0.5, 0.6) is 0 Å². The van der Waals surface area contributed by atoms with Gasteiger partial charge in [-0.2, -0.15) is 5.26 Å². The van der Waals surface area contributed by atoms with Crippen molar-refractivity contribution in [3.63, 3.8) is 0 Å². The molecule has 116 valence electrons. The zero-order chi connectivity index (χ0) is 15.4. The van der Waals surface area contributed by atoms with Crippen LogP contribution in [0, 0.1) is 23.2 Å². The molecule has 4 heteroatoms. The molecule has 3 rings (SSSR count). The van der Waals surface area contributed by atoms with Gasteiger partial charge < -0.3 is 10.2 Å². The summed E-state index contributed by atoms with van der Waals surface area (Å²) in [6.07, 6.45) is 6.77. The molecule has 1 heterocycles.